The maximum absolute atomic E-state index is 14.2. The fourth-order valence-electron chi connectivity index (χ4n) is 4.87. The Hall–Kier alpha value is -2.60. The van der Waals surface area contributed by atoms with Gasteiger partial charge < -0.3 is 14.8 Å². The van der Waals surface area contributed by atoms with Crippen LogP contribution in [-0.4, -0.2) is 15.5 Å². The lowest BCUT2D eigenvalue weighted by Gasteiger charge is -2.33. The molecular formula is C24H26FN3OS. The molecule has 1 aliphatic carbocycles. The highest BCUT2D eigenvalue weighted by molar-refractivity contribution is 7.15. The molecular weight excluding hydrogens is 397 g/mol. The third-order valence-electron chi connectivity index (χ3n) is 6.23. The highest BCUT2D eigenvalue weighted by Crippen LogP contribution is 2.44. The van der Waals surface area contributed by atoms with Crippen LogP contribution in [0.5, 0.6) is 0 Å². The number of benzene rings is 1. The first-order valence-electron chi connectivity index (χ1n) is 10.7. The molecule has 1 aliphatic heterocycles. The average Bonchev–Trinajstić information content (AvgIpc) is 3.31. The Bertz CT molecular complexity index is 1100. The zero-order chi connectivity index (χ0) is 20.8. The Kier molecular flexibility index (Phi) is 4.89. The first kappa shape index (κ1) is 19.4. The molecule has 0 radical (unpaired) electrons. The zero-order valence-electron chi connectivity index (χ0n) is 17.3. The van der Waals surface area contributed by atoms with Crippen molar-refractivity contribution in [2.45, 2.75) is 52.1 Å². The van der Waals surface area contributed by atoms with E-state index in [1.165, 1.54) is 39.9 Å². The molecule has 2 amide bonds. The van der Waals surface area contributed by atoms with Gasteiger partial charge in [-0.15, -0.1) is 11.3 Å². The molecule has 1 N–H and O–H groups in total. The van der Waals surface area contributed by atoms with Gasteiger partial charge in [0.2, 0.25) is 0 Å². The maximum atomic E-state index is 14.2. The van der Waals surface area contributed by atoms with E-state index in [4.69, 9.17) is 0 Å². The molecule has 6 heteroatoms. The van der Waals surface area contributed by atoms with Crippen LogP contribution >= 0.6 is 11.3 Å². The fraction of sp³-hybridized carbons (Fsp3) is 0.375. The summed E-state index contributed by atoms with van der Waals surface area (Å²) in [5, 5.41) is 4.07. The topological polar surface area (TPSA) is 37.3 Å². The number of rotatable bonds is 2. The normalized spacial score (nSPS) is 17.9. The number of carbonyl (C=O) groups excluding carboxylic acids is 1. The van der Waals surface area contributed by atoms with Gasteiger partial charge in [0.25, 0.3) is 0 Å². The van der Waals surface area contributed by atoms with Crippen LogP contribution in [0.1, 0.15) is 54.4 Å². The molecule has 3 heterocycles. The lowest BCUT2D eigenvalue weighted by Crippen LogP contribution is -2.39. The van der Waals surface area contributed by atoms with Gasteiger partial charge in [-0.25, -0.2) is 9.18 Å². The summed E-state index contributed by atoms with van der Waals surface area (Å²) in [6.07, 6.45) is 6.75. The van der Waals surface area contributed by atoms with Crippen LogP contribution in [0.3, 0.4) is 0 Å². The highest BCUT2D eigenvalue weighted by atomic mass is 32.1. The number of carbonyl (C=O) groups is 1. The van der Waals surface area contributed by atoms with Crippen LogP contribution in [-0.2, 0) is 19.4 Å². The van der Waals surface area contributed by atoms with Gasteiger partial charge >= 0.3 is 6.03 Å². The van der Waals surface area contributed by atoms with Gasteiger partial charge in [-0.2, -0.15) is 0 Å². The first-order chi connectivity index (χ1) is 14.5. The minimum Gasteiger partial charge on any atom is -0.311 e. The SMILES string of the molecule is CC(C)C1c2cccn2-c2sc3c(c2CN1C(=O)Nc1ccccc1F)CCCC3. The second-order valence-electron chi connectivity index (χ2n) is 8.52. The summed E-state index contributed by atoms with van der Waals surface area (Å²) in [7, 11) is 0. The largest absolute Gasteiger partial charge is 0.322 e. The number of urea groups is 1. The number of aryl methyl sites for hydroxylation is 1. The predicted octanol–water partition coefficient (Wildman–Crippen LogP) is 6.30. The van der Waals surface area contributed by atoms with E-state index < -0.39 is 5.82 Å². The molecule has 2 aromatic heterocycles. The van der Waals surface area contributed by atoms with Crippen molar-refractivity contribution in [3.05, 3.63) is 70.1 Å². The number of aromatic nitrogens is 1. The monoisotopic (exact) mass is 423 g/mol. The maximum Gasteiger partial charge on any atom is 0.322 e. The second kappa shape index (κ2) is 7.58. The summed E-state index contributed by atoms with van der Waals surface area (Å²) in [5.41, 5.74) is 4.02. The van der Waals surface area contributed by atoms with Crippen molar-refractivity contribution in [3.8, 4) is 5.00 Å². The summed E-state index contributed by atoms with van der Waals surface area (Å²) in [4.78, 5) is 16.8. The number of halogens is 1. The minimum atomic E-state index is -0.418. The van der Waals surface area contributed by atoms with Crippen LogP contribution in [0, 0.1) is 11.7 Å². The van der Waals surface area contributed by atoms with Crippen LogP contribution in [0.15, 0.2) is 42.6 Å². The van der Waals surface area contributed by atoms with Gasteiger partial charge in [0.1, 0.15) is 10.8 Å². The van der Waals surface area contributed by atoms with Crippen molar-refractivity contribution in [2.24, 2.45) is 5.92 Å². The summed E-state index contributed by atoms with van der Waals surface area (Å²) in [6, 6.07) is 10.2. The van der Waals surface area contributed by atoms with E-state index in [1.807, 2.05) is 16.2 Å². The van der Waals surface area contributed by atoms with Crippen LogP contribution < -0.4 is 5.32 Å². The smallest absolute Gasteiger partial charge is 0.311 e. The Morgan fingerprint density at radius 3 is 2.73 bits per heavy atom. The number of para-hydroxylation sites is 1. The fourth-order valence-corrected chi connectivity index (χ4v) is 6.28. The Morgan fingerprint density at radius 2 is 1.93 bits per heavy atom. The first-order valence-corrected chi connectivity index (χ1v) is 11.5. The third-order valence-corrected chi connectivity index (χ3v) is 7.57. The average molecular weight is 424 g/mol. The van der Waals surface area contributed by atoms with Gasteiger partial charge in [0.15, 0.2) is 0 Å². The summed E-state index contributed by atoms with van der Waals surface area (Å²) in [6.45, 7) is 4.83. The Morgan fingerprint density at radius 1 is 1.13 bits per heavy atom. The number of fused-ring (bicyclic) bond motifs is 5. The summed E-state index contributed by atoms with van der Waals surface area (Å²) < 4.78 is 16.5. The molecule has 0 saturated carbocycles. The van der Waals surface area contributed by atoms with Gasteiger partial charge in [-0.05, 0) is 61.4 Å². The van der Waals surface area contributed by atoms with E-state index >= 15 is 0 Å². The van der Waals surface area contributed by atoms with E-state index in [9.17, 15) is 9.18 Å². The molecule has 0 fully saturated rings. The molecule has 5 rings (SSSR count). The molecule has 156 valence electrons. The Balaban J connectivity index is 1.61. The van der Waals surface area contributed by atoms with Crippen LogP contribution in [0.25, 0.3) is 5.00 Å². The number of hydrogen-bond donors (Lipinski definition) is 1. The van der Waals surface area contributed by atoms with Crippen molar-refractivity contribution in [3.63, 3.8) is 0 Å². The van der Waals surface area contributed by atoms with E-state index in [2.05, 4.69) is 42.1 Å². The van der Waals surface area contributed by atoms with Crippen molar-refractivity contribution in [2.75, 3.05) is 5.32 Å². The van der Waals surface area contributed by atoms with Crippen molar-refractivity contribution < 1.29 is 9.18 Å². The quantitative estimate of drug-likeness (QED) is 0.516. The molecule has 3 aromatic rings. The standard InChI is InChI=1S/C24H26FN3OS/c1-15(2)22-20-11-7-13-27(20)23-17(16-8-3-6-12-21(16)30-23)14-28(22)24(29)26-19-10-5-4-9-18(19)25/h4-5,7,9-11,13,15,22H,3,6,8,12,14H2,1-2H3,(H,26,29). The predicted molar refractivity (Wildman–Crippen MR) is 119 cm³/mol. The van der Waals surface area contributed by atoms with Gasteiger partial charge in [-0.1, -0.05) is 26.0 Å². The number of nitrogens with one attached hydrogen (secondary N) is 1. The number of nitrogens with zero attached hydrogens (tertiary/aromatic N) is 2. The molecule has 4 nitrogen and oxygen atoms in total. The van der Waals surface area contributed by atoms with Gasteiger partial charge in [0, 0.05) is 22.3 Å². The van der Waals surface area contributed by atoms with E-state index in [0.29, 0.717) is 6.54 Å². The summed E-state index contributed by atoms with van der Waals surface area (Å²) in [5.74, 6) is -0.200. The van der Waals surface area contributed by atoms with Gasteiger partial charge in [-0.3, -0.25) is 0 Å². The van der Waals surface area contributed by atoms with E-state index in [1.54, 1.807) is 18.2 Å². The number of amides is 2. The minimum absolute atomic E-state index is 0.0920. The molecule has 1 atom stereocenters. The lowest BCUT2D eigenvalue weighted by atomic mass is 9.94. The Labute approximate surface area is 180 Å². The molecule has 1 aromatic carbocycles. The van der Waals surface area contributed by atoms with Gasteiger partial charge in [0.05, 0.1) is 18.3 Å². The van der Waals surface area contributed by atoms with E-state index in [0.717, 1.165) is 18.5 Å². The zero-order valence-corrected chi connectivity index (χ0v) is 18.1. The van der Waals surface area contributed by atoms with Crippen molar-refractivity contribution in [1.82, 2.24) is 9.47 Å². The summed E-state index contributed by atoms with van der Waals surface area (Å²) >= 11 is 1.88. The molecule has 0 bridgehead atoms. The van der Waals surface area contributed by atoms with Crippen molar-refractivity contribution >= 4 is 23.1 Å². The molecule has 30 heavy (non-hydrogen) atoms. The molecule has 0 spiro atoms. The number of anilines is 1. The third kappa shape index (κ3) is 3.14. The molecule has 1 unspecified atom stereocenters. The van der Waals surface area contributed by atoms with E-state index in [-0.39, 0.29) is 23.7 Å². The van der Waals surface area contributed by atoms with Crippen LogP contribution in [0.4, 0.5) is 14.9 Å². The second-order valence-corrected chi connectivity index (χ2v) is 9.61. The highest BCUT2D eigenvalue weighted by Gasteiger charge is 2.36. The lowest BCUT2D eigenvalue weighted by molar-refractivity contribution is 0.161. The molecule has 0 saturated heterocycles. The van der Waals surface area contributed by atoms with Crippen molar-refractivity contribution in [1.29, 1.82) is 0 Å². The molecule has 2 aliphatic rings. The number of hydrogen-bond acceptors (Lipinski definition) is 2. The number of thiophene rings is 1. The van der Waals surface area contributed by atoms with Crippen LogP contribution in [0.2, 0.25) is 0 Å².